The Kier molecular flexibility index (Phi) is 5.93. The lowest BCUT2D eigenvalue weighted by molar-refractivity contribution is 0.102. The quantitative estimate of drug-likeness (QED) is 0.317. The average molecular weight is 484 g/mol. The van der Waals surface area contributed by atoms with Crippen LogP contribution in [0.15, 0.2) is 69.6 Å². The fraction of sp³-hybridized carbons (Fsp3) is 0.167. The zero-order valence-electron chi connectivity index (χ0n) is 16.6. The molecule has 0 unspecified atom stereocenters. The molecule has 6 heteroatoms. The lowest BCUT2D eigenvalue weighted by Gasteiger charge is -2.09. The number of fused-ring (bicyclic) bond motifs is 1. The molecule has 0 saturated heterocycles. The van der Waals surface area contributed by atoms with Crippen molar-refractivity contribution in [1.82, 2.24) is 4.98 Å². The van der Waals surface area contributed by atoms with Gasteiger partial charge in [-0.05, 0) is 76.3 Å². The Morgan fingerprint density at radius 3 is 2.73 bits per heavy atom. The first kappa shape index (κ1) is 20.6. The van der Waals surface area contributed by atoms with Gasteiger partial charge in [0.05, 0.1) is 16.3 Å². The summed E-state index contributed by atoms with van der Waals surface area (Å²) in [5.41, 5.74) is 4.55. The molecule has 4 rings (SSSR count). The van der Waals surface area contributed by atoms with Gasteiger partial charge in [0.15, 0.2) is 5.58 Å². The predicted molar refractivity (Wildman–Crippen MR) is 125 cm³/mol. The van der Waals surface area contributed by atoms with Gasteiger partial charge in [0, 0.05) is 10.0 Å². The number of carbonyl (C=O) groups is 1. The molecular weight excluding hydrogens is 464 g/mol. The molecule has 0 aliphatic rings. The van der Waals surface area contributed by atoms with E-state index >= 15 is 0 Å². The minimum absolute atomic E-state index is 0.253. The van der Waals surface area contributed by atoms with Gasteiger partial charge in [-0.25, -0.2) is 4.98 Å². The summed E-state index contributed by atoms with van der Waals surface area (Å²) in [5, 5.41) is 3.31. The lowest BCUT2D eigenvalue weighted by Crippen LogP contribution is -2.12. The zero-order chi connectivity index (χ0) is 21.3. The number of nitrogens with zero attached hydrogens (tertiary/aromatic N) is 1. The summed E-state index contributed by atoms with van der Waals surface area (Å²) in [6.45, 7) is 4.36. The highest BCUT2D eigenvalue weighted by atomic mass is 79.9. The van der Waals surface area contributed by atoms with Gasteiger partial charge < -0.3 is 9.73 Å². The van der Waals surface area contributed by atoms with Crippen LogP contribution in [0.1, 0.15) is 42.1 Å². The normalized spacial score (nSPS) is 12.1. The Hall–Kier alpha value is -2.63. The molecule has 1 amide bonds. The minimum atomic E-state index is -0.253. The van der Waals surface area contributed by atoms with Gasteiger partial charge >= 0.3 is 0 Å². The van der Waals surface area contributed by atoms with Gasteiger partial charge in [-0.2, -0.15) is 0 Å². The Morgan fingerprint density at radius 2 is 1.97 bits per heavy atom. The van der Waals surface area contributed by atoms with Gasteiger partial charge in [-0.1, -0.05) is 43.6 Å². The van der Waals surface area contributed by atoms with E-state index in [-0.39, 0.29) is 5.91 Å². The van der Waals surface area contributed by atoms with E-state index in [1.807, 2.05) is 30.3 Å². The van der Waals surface area contributed by atoms with Gasteiger partial charge in [-0.15, -0.1) is 0 Å². The largest absolute Gasteiger partial charge is 0.436 e. The van der Waals surface area contributed by atoms with Crippen LogP contribution in [-0.4, -0.2) is 10.9 Å². The number of rotatable bonds is 5. The number of halogens is 2. The van der Waals surface area contributed by atoms with Crippen LogP contribution in [0.4, 0.5) is 5.69 Å². The molecule has 1 atom stereocenters. The van der Waals surface area contributed by atoms with Crippen molar-refractivity contribution in [3.05, 3.63) is 81.3 Å². The van der Waals surface area contributed by atoms with E-state index in [2.05, 4.69) is 52.2 Å². The van der Waals surface area contributed by atoms with Crippen molar-refractivity contribution in [3.63, 3.8) is 0 Å². The lowest BCUT2D eigenvalue weighted by atomic mass is 9.98. The van der Waals surface area contributed by atoms with Crippen LogP contribution < -0.4 is 5.32 Å². The molecule has 1 heterocycles. The average Bonchev–Trinajstić information content (AvgIpc) is 3.18. The van der Waals surface area contributed by atoms with Gasteiger partial charge in [0.1, 0.15) is 5.52 Å². The number of hydrogen-bond acceptors (Lipinski definition) is 3. The van der Waals surface area contributed by atoms with Crippen molar-refractivity contribution in [2.24, 2.45) is 0 Å². The van der Waals surface area contributed by atoms with Gasteiger partial charge in [0.25, 0.3) is 5.91 Å². The van der Waals surface area contributed by atoms with Crippen molar-refractivity contribution in [2.45, 2.75) is 26.2 Å². The Balaban J connectivity index is 1.66. The van der Waals surface area contributed by atoms with E-state index in [1.54, 1.807) is 18.2 Å². The summed E-state index contributed by atoms with van der Waals surface area (Å²) in [6, 6.07) is 18.7. The minimum Gasteiger partial charge on any atom is -0.436 e. The van der Waals surface area contributed by atoms with E-state index in [4.69, 9.17) is 16.0 Å². The third kappa shape index (κ3) is 4.13. The first-order chi connectivity index (χ1) is 14.5. The molecule has 30 heavy (non-hydrogen) atoms. The van der Waals surface area contributed by atoms with Crippen molar-refractivity contribution in [3.8, 4) is 11.5 Å². The number of hydrogen-bond donors (Lipinski definition) is 1. The summed E-state index contributed by atoms with van der Waals surface area (Å²) in [5.74, 6) is 0.695. The maximum Gasteiger partial charge on any atom is 0.256 e. The molecule has 0 radical (unpaired) electrons. The van der Waals surface area contributed by atoms with Crippen molar-refractivity contribution >= 4 is 50.2 Å². The zero-order valence-corrected chi connectivity index (χ0v) is 18.9. The molecule has 0 fully saturated rings. The van der Waals surface area contributed by atoms with Crippen LogP contribution in [0.3, 0.4) is 0 Å². The molecule has 0 bridgehead atoms. The summed E-state index contributed by atoms with van der Waals surface area (Å²) in [7, 11) is 0. The highest BCUT2D eigenvalue weighted by Crippen LogP contribution is 2.32. The first-order valence-electron chi connectivity index (χ1n) is 9.72. The molecule has 0 aliphatic carbocycles. The van der Waals surface area contributed by atoms with E-state index in [0.717, 1.165) is 23.1 Å². The van der Waals surface area contributed by atoms with Crippen LogP contribution in [0, 0.1) is 0 Å². The first-order valence-corrected chi connectivity index (χ1v) is 10.9. The Labute approximate surface area is 188 Å². The summed E-state index contributed by atoms with van der Waals surface area (Å²) < 4.78 is 6.67. The number of aromatic nitrogens is 1. The SMILES string of the molecule is CC[C@@H](C)c1ccc2oc(-c3ccc(Cl)c(NC(=O)c4ccccc4Br)c3)nc2c1. The number of amides is 1. The molecule has 152 valence electrons. The summed E-state index contributed by atoms with van der Waals surface area (Å²) in [6.07, 6.45) is 1.06. The number of oxazole rings is 1. The van der Waals surface area contributed by atoms with E-state index < -0.39 is 0 Å². The van der Waals surface area contributed by atoms with Gasteiger partial charge in [0.2, 0.25) is 5.89 Å². The molecular formula is C24H20BrClN2O2. The van der Waals surface area contributed by atoms with Crippen LogP contribution in [-0.2, 0) is 0 Å². The maximum absolute atomic E-state index is 12.7. The second-order valence-corrected chi connectivity index (χ2v) is 8.45. The van der Waals surface area contributed by atoms with E-state index in [0.29, 0.717) is 32.6 Å². The van der Waals surface area contributed by atoms with Crippen molar-refractivity contribution < 1.29 is 9.21 Å². The van der Waals surface area contributed by atoms with Crippen LogP contribution in [0.2, 0.25) is 5.02 Å². The number of carbonyl (C=O) groups excluding carboxylic acids is 1. The van der Waals surface area contributed by atoms with Crippen LogP contribution in [0.5, 0.6) is 0 Å². The molecule has 0 aliphatic heterocycles. The third-order valence-electron chi connectivity index (χ3n) is 5.17. The predicted octanol–water partition coefficient (Wildman–Crippen LogP) is 7.68. The topological polar surface area (TPSA) is 55.1 Å². The molecule has 3 aromatic carbocycles. The fourth-order valence-corrected chi connectivity index (χ4v) is 3.83. The molecule has 0 spiro atoms. The highest BCUT2D eigenvalue weighted by Gasteiger charge is 2.15. The molecule has 4 aromatic rings. The van der Waals surface area contributed by atoms with Crippen LogP contribution in [0.25, 0.3) is 22.6 Å². The van der Waals surface area contributed by atoms with E-state index in [9.17, 15) is 4.79 Å². The highest BCUT2D eigenvalue weighted by molar-refractivity contribution is 9.10. The number of nitrogens with one attached hydrogen (secondary N) is 1. The Morgan fingerprint density at radius 1 is 1.17 bits per heavy atom. The second-order valence-electron chi connectivity index (χ2n) is 7.18. The third-order valence-corrected chi connectivity index (χ3v) is 6.19. The van der Waals surface area contributed by atoms with Crippen LogP contribution >= 0.6 is 27.5 Å². The number of anilines is 1. The monoisotopic (exact) mass is 482 g/mol. The smallest absolute Gasteiger partial charge is 0.256 e. The van der Waals surface area contributed by atoms with Gasteiger partial charge in [-0.3, -0.25) is 4.79 Å². The fourth-order valence-electron chi connectivity index (χ4n) is 3.20. The van der Waals surface area contributed by atoms with E-state index in [1.165, 1.54) is 5.56 Å². The Bertz CT molecular complexity index is 1240. The summed E-state index contributed by atoms with van der Waals surface area (Å²) in [4.78, 5) is 17.3. The number of benzene rings is 3. The maximum atomic E-state index is 12.7. The second kappa shape index (κ2) is 8.62. The standard InChI is InChI=1S/C24H20BrClN2O2/c1-3-14(2)15-9-11-22-21(12-15)28-24(30-22)16-8-10-19(26)20(13-16)27-23(29)17-6-4-5-7-18(17)25/h4-14H,3H2,1-2H3,(H,27,29)/t14-/m1/s1. The molecule has 4 nitrogen and oxygen atoms in total. The molecule has 1 aromatic heterocycles. The van der Waals surface area contributed by atoms with Crippen molar-refractivity contribution in [2.75, 3.05) is 5.32 Å². The molecule has 1 N–H and O–H groups in total. The van der Waals surface area contributed by atoms with Crippen molar-refractivity contribution in [1.29, 1.82) is 0 Å². The summed E-state index contributed by atoms with van der Waals surface area (Å²) >= 11 is 9.73. The molecule has 0 saturated carbocycles.